The van der Waals surface area contributed by atoms with Gasteiger partial charge in [0.25, 0.3) is 0 Å². The monoisotopic (exact) mass is 310 g/mol. The highest BCUT2D eigenvalue weighted by atomic mass is 16.5. The van der Waals surface area contributed by atoms with E-state index in [1.165, 1.54) is 30.3 Å². The normalized spacial score (nSPS) is 10.7. The molecule has 0 saturated heterocycles. The van der Waals surface area contributed by atoms with Crippen molar-refractivity contribution in [1.82, 2.24) is 0 Å². The van der Waals surface area contributed by atoms with Crippen molar-refractivity contribution < 1.29 is 19.1 Å². The van der Waals surface area contributed by atoms with Crippen molar-refractivity contribution in [1.29, 1.82) is 0 Å². The van der Waals surface area contributed by atoms with Gasteiger partial charge < -0.3 is 14.3 Å². The molecule has 0 aliphatic carbocycles. The largest absolute Gasteiger partial charge is 0.508 e. The molecule has 1 heterocycles. The predicted molar refractivity (Wildman–Crippen MR) is 84.4 cm³/mol. The summed E-state index contributed by atoms with van der Waals surface area (Å²) in [5.74, 6) is -0.456. The molecule has 2 aromatic carbocycles. The van der Waals surface area contributed by atoms with Crippen LogP contribution >= 0.6 is 0 Å². The van der Waals surface area contributed by atoms with Crippen LogP contribution in [-0.2, 0) is 11.3 Å². The van der Waals surface area contributed by atoms with Gasteiger partial charge in [0.2, 0.25) is 0 Å². The van der Waals surface area contributed by atoms with E-state index in [0.717, 1.165) is 10.9 Å². The van der Waals surface area contributed by atoms with Crippen molar-refractivity contribution in [2.45, 2.75) is 13.5 Å². The average Bonchev–Trinajstić information content (AvgIpc) is 2.52. The summed E-state index contributed by atoms with van der Waals surface area (Å²) in [5, 5.41) is 9.95. The number of hydrogen-bond acceptors (Lipinski definition) is 5. The van der Waals surface area contributed by atoms with Crippen LogP contribution in [0, 0.1) is 6.92 Å². The Balaban J connectivity index is 1.85. The molecular formula is C18H14O5. The lowest BCUT2D eigenvalue weighted by Gasteiger charge is -2.08. The summed E-state index contributed by atoms with van der Waals surface area (Å²) < 4.78 is 10.4. The van der Waals surface area contributed by atoms with E-state index in [9.17, 15) is 14.7 Å². The van der Waals surface area contributed by atoms with Gasteiger partial charge in [0.1, 0.15) is 17.9 Å². The zero-order chi connectivity index (χ0) is 16.4. The van der Waals surface area contributed by atoms with Gasteiger partial charge in [-0.15, -0.1) is 0 Å². The first-order chi connectivity index (χ1) is 11.0. The fourth-order valence-electron chi connectivity index (χ4n) is 2.28. The number of carbonyl (C=O) groups excluding carboxylic acids is 1. The molecule has 0 amide bonds. The van der Waals surface area contributed by atoms with Gasteiger partial charge in [-0.25, -0.2) is 9.59 Å². The predicted octanol–water partition coefficient (Wildman–Crippen LogP) is 3.16. The standard InChI is InChI=1S/C18H14O5/c1-11-2-7-15-13(9-17(20)23-16(15)8-11)10-22-18(21)12-3-5-14(19)6-4-12/h2-9,19H,10H2,1H3. The number of rotatable bonds is 3. The molecule has 0 radical (unpaired) electrons. The molecule has 0 aliphatic rings. The molecule has 0 unspecified atom stereocenters. The van der Waals surface area contributed by atoms with Gasteiger partial charge in [0.15, 0.2) is 0 Å². The number of ether oxygens (including phenoxy) is 1. The van der Waals surface area contributed by atoms with E-state index in [2.05, 4.69) is 0 Å². The van der Waals surface area contributed by atoms with Crippen LogP contribution in [0.4, 0.5) is 0 Å². The lowest BCUT2D eigenvalue weighted by molar-refractivity contribution is 0.0474. The number of esters is 1. The van der Waals surface area contributed by atoms with Crippen molar-refractivity contribution in [2.75, 3.05) is 0 Å². The molecule has 3 aromatic rings. The molecule has 23 heavy (non-hydrogen) atoms. The second-order valence-electron chi connectivity index (χ2n) is 5.21. The minimum Gasteiger partial charge on any atom is -0.508 e. The number of aromatic hydroxyl groups is 1. The van der Waals surface area contributed by atoms with Crippen molar-refractivity contribution in [2.24, 2.45) is 0 Å². The molecule has 0 spiro atoms. The minimum absolute atomic E-state index is 0.0368. The van der Waals surface area contributed by atoms with Crippen LogP contribution in [0.2, 0.25) is 0 Å². The zero-order valence-corrected chi connectivity index (χ0v) is 12.4. The van der Waals surface area contributed by atoms with Crippen LogP contribution in [0.15, 0.2) is 57.7 Å². The van der Waals surface area contributed by atoms with E-state index < -0.39 is 11.6 Å². The molecule has 0 bridgehead atoms. The van der Waals surface area contributed by atoms with Crippen molar-refractivity contribution >= 4 is 16.9 Å². The second kappa shape index (κ2) is 5.96. The number of benzene rings is 2. The lowest BCUT2D eigenvalue weighted by Crippen LogP contribution is -2.07. The molecular weight excluding hydrogens is 296 g/mol. The van der Waals surface area contributed by atoms with E-state index >= 15 is 0 Å². The van der Waals surface area contributed by atoms with Crippen LogP contribution in [0.1, 0.15) is 21.5 Å². The first-order valence-electron chi connectivity index (χ1n) is 7.02. The number of phenols is 1. The maximum absolute atomic E-state index is 12.0. The molecule has 1 aromatic heterocycles. The van der Waals surface area contributed by atoms with Crippen molar-refractivity contribution in [3.05, 3.63) is 75.6 Å². The van der Waals surface area contributed by atoms with Gasteiger partial charge in [0, 0.05) is 17.0 Å². The van der Waals surface area contributed by atoms with Gasteiger partial charge in [0.05, 0.1) is 5.56 Å². The summed E-state index contributed by atoms with van der Waals surface area (Å²) >= 11 is 0. The first-order valence-corrected chi connectivity index (χ1v) is 7.02. The molecule has 0 aliphatic heterocycles. The van der Waals surface area contributed by atoms with Crippen LogP contribution in [0.25, 0.3) is 11.0 Å². The minimum atomic E-state index is -0.529. The van der Waals surface area contributed by atoms with Crippen LogP contribution in [0.3, 0.4) is 0 Å². The Morgan fingerprint density at radius 2 is 1.87 bits per heavy atom. The van der Waals surface area contributed by atoms with Crippen molar-refractivity contribution in [3.63, 3.8) is 0 Å². The van der Waals surface area contributed by atoms with Crippen LogP contribution in [-0.4, -0.2) is 11.1 Å². The van der Waals surface area contributed by atoms with E-state index in [1.807, 2.05) is 19.1 Å². The molecule has 3 rings (SSSR count). The van der Waals surface area contributed by atoms with Gasteiger partial charge >= 0.3 is 11.6 Å². The Labute approximate surface area is 131 Å². The Kier molecular flexibility index (Phi) is 3.85. The fraction of sp³-hybridized carbons (Fsp3) is 0.111. The highest BCUT2D eigenvalue weighted by molar-refractivity contribution is 5.89. The summed E-state index contributed by atoms with van der Waals surface area (Å²) in [6.07, 6.45) is 0. The maximum Gasteiger partial charge on any atom is 0.338 e. The van der Waals surface area contributed by atoms with E-state index in [1.54, 1.807) is 6.07 Å². The third-order valence-electron chi connectivity index (χ3n) is 3.45. The number of hydrogen-bond donors (Lipinski definition) is 1. The van der Waals surface area contributed by atoms with Gasteiger partial charge in [-0.3, -0.25) is 0 Å². The lowest BCUT2D eigenvalue weighted by atomic mass is 10.1. The van der Waals surface area contributed by atoms with Crippen LogP contribution in [0.5, 0.6) is 5.75 Å². The van der Waals surface area contributed by atoms with E-state index in [4.69, 9.17) is 9.15 Å². The molecule has 5 heteroatoms. The van der Waals surface area contributed by atoms with E-state index in [0.29, 0.717) is 16.7 Å². The van der Waals surface area contributed by atoms with Gasteiger partial charge in [-0.1, -0.05) is 12.1 Å². The van der Waals surface area contributed by atoms with Crippen molar-refractivity contribution in [3.8, 4) is 5.75 Å². The summed E-state index contributed by atoms with van der Waals surface area (Å²) in [6.45, 7) is 1.86. The molecule has 0 atom stereocenters. The Morgan fingerprint density at radius 3 is 2.61 bits per heavy atom. The number of fused-ring (bicyclic) bond motifs is 1. The Bertz CT molecular complexity index is 922. The van der Waals surface area contributed by atoms with E-state index in [-0.39, 0.29) is 12.4 Å². The average molecular weight is 310 g/mol. The third-order valence-corrected chi connectivity index (χ3v) is 3.45. The first kappa shape index (κ1) is 14.8. The molecule has 0 saturated carbocycles. The number of aryl methyl sites for hydroxylation is 1. The fourth-order valence-corrected chi connectivity index (χ4v) is 2.28. The third kappa shape index (κ3) is 3.23. The highest BCUT2D eigenvalue weighted by Crippen LogP contribution is 2.20. The van der Waals surface area contributed by atoms with Crippen LogP contribution < -0.4 is 5.63 Å². The molecule has 116 valence electrons. The Hall–Kier alpha value is -3.08. The molecule has 1 N–H and O–H groups in total. The maximum atomic E-state index is 12.0. The topological polar surface area (TPSA) is 76.7 Å². The SMILES string of the molecule is Cc1ccc2c(COC(=O)c3ccc(O)cc3)cc(=O)oc2c1. The second-order valence-corrected chi connectivity index (χ2v) is 5.21. The summed E-state index contributed by atoms with van der Waals surface area (Å²) in [6, 6.07) is 12.6. The summed E-state index contributed by atoms with van der Waals surface area (Å²) in [7, 11) is 0. The van der Waals surface area contributed by atoms with Gasteiger partial charge in [-0.2, -0.15) is 0 Å². The summed E-state index contributed by atoms with van der Waals surface area (Å²) in [4.78, 5) is 23.6. The number of carbonyl (C=O) groups is 1. The molecule has 5 nitrogen and oxygen atoms in total. The summed E-state index contributed by atoms with van der Waals surface area (Å²) in [5.41, 5.74) is 1.86. The Morgan fingerprint density at radius 1 is 1.13 bits per heavy atom. The zero-order valence-electron chi connectivity index (χ0n) is 12.4. The number of phenolic OH excluding ortho intramolecular Hbond substituents is 1. The van der Waals surface area contributed by atoms with Gasteiger partial charge in [-0.05, 0) is 42.8 Å². The molecule has 0 fully saturated rings. The highest BCUT2D eigenvalue weighted by Gasteiger charge is 2.11. The quantitative estimate of drug-likeness (QED) is 0.594. The smallest absolute Gasteiger partial charge is 0.338 e.